The topological polar surface area (TPSA) is 0 Å². The van der Waals surface area contributed by atoms with E-state index in [1.54, 1.807) is 0 Å². The minimum Gasteiger partial charge on any atom is -0.229 e. The standard InChI is InChI=1S/C5H3ClF5I/c6-1-2(12)3(7)4(8,9)5(3,10)11/h2H,1H2. The first-order chi connectivity index (χ1) is 5.23. The summed E-state index contributed by atoms with van der Waals surface area (Å²) in [6.07, 6.45) is 0. The van der Waals surface area contributed by atoms with Crippen LogP contribution in [0.25, 0.3) is 0 Å². The smallest absolute Gasteiger partial charge is 0.229 e. The zero-order chi connectivity index (χ0) is 9.78. The summed E-state index contributed by atoms with van der Waals surface area (Å²) >= 11 is 6.18. The lowest BCUT2D eigenvalue weighted by Gasteiger charge is -2.08. The summed E-state index contributed by atoms with van der Waals surface area (Å²) in [4.78, 5) is 0. The van der Waals surface area contributed by atoms with Gasteiger partial charge in [-0.3, -0.25) is 0 Å². The van der Waals surface area contributed by atoms with Crippen molar-refractivity contribution in [3.05, 3.63) is 0 Å². The zero-order valence-electron chi connectivity index (χ0n) is 5.43. The molecule has 0 aromatic carbocycles. The fourth-order valence-electron chi connectivity index (χ4n) is 0.906. The maximum Gasteiger partial charge on any atom is 0.354 e. The largest absolute Gasteiger partial charge is 0.354 e. The van der Waals surface area contributed by atoms with Gasteiger partial charge >= 0.3 is 11.8 Å². The number of hydrogen-bond acceptors (Lipinski definition) is 0. The Morgan fingerprint density at radius 1 is 1.08 bits per heavy atom. The Labute approximate surface area is 83.6 Å². The molecule has 0 heterocycles. The molecule has 72 valence electrons. The van der Waals surface area contributed by atoms with Gasteiger partial charge in [-0.2, -0.15) is 17.6 Å². The molecule has 0 aromatic heterocycles. The van der Waals surface area contributed by atoms with Crippen molar-refractivity contribution in [2.24, 2.45) is 0 Å². The van der Waals surface area contributed by atoms with Crippen LogP contribution in [0.3, 0.4) is 0 Å². The van der Waals surface area contributed by atoms with E-state index in [1.165, 1.54) is 0 Å². The molecule has 1 aliphatic carbocycles. The van der Waals surface area contributed by atoms with Crippen molar-refractivity contribution in [2.75, 3.05) is 5.88 Å². The summed E-state index contributed by atoms with van der Waals surface area (Å²) in [6.45, 7) is 0. The molecule has 1 unspecified atom stereocenters. The summed E-state index contributed by atoms with van der Waals surface area (Å²) in [6, 6.07) is 0. The molecule has 12 heavy (non-hydrogen) atoms. The highest BCUT2D eigenvalue weighted by Crippen LogP contribution is 2.70. The van der Waals surface area contributed by atoms with Crippen molar-refractivity contribution in [1.82, 2.24) is 0 Å². The zero-order valence-corrected chi connectivity index (χ0v) is 8.34. The van der Waals surface area contributed by atoms with E-state index in [0.717, 1.165) is 22.6 Å². The van der Waals surface area contributed by atoms with Crippen molar-refractivity contribution in [1.29, 1.82) is 0 Å². The maximum absolute atomic E-state index is 12.9. The average molecular weight is 320 g/mol. The van der Waals surface area contributed by atoms with Crippen molar-refractivity contribution in [3.8, 4) is 0 Å². The van der Waals surface area contributed by atoms with Crippen LogP contribution in [0.15, 0.2) is 0 Å². The van der Waals surface area contributed by atoms with Gasteiger partial charge in [-0.15, -0.1) is 11.6 Å². The molecule has 7 heteroatoms. The van der Waals surface area contributed by atoms with E-state index < -0.39 is 27.3 Å². The molecule has 0 saturated heterocycles. The van der Waals surface area contributed by atoms with Crippen LogP contribution in [0.1, 0.15) is 0 Å². The first-order valence-corrected chi connectivity index (χ1v) is 4.66. The van der Waals surface area contributed by atoms with Gasteiger partial charge in [0.15, 0.2) is 0 Å². The van der Waals surface area contributed by atoms with Gasteiger partial charge in [0, 0.05) is 5.88 Å². The van der Waals surface area contributed by atoms with Crippen molar-refractivity contribution in [2.45, 2.75) is 21.4 Å². The van der Waals surface area contributed by atoms with Gasteiger partial charge in [0.2, 0.25) is 0 Å². The first-order valence-electron chi connectivity index (χ1n) is 2.88. The van der Waals surface area contributed by atoms with Crippen LogP contribution in [-0.2, 0) is 0 Å². The number of halogens is 7. The third-order valence-electron chi connectivity index (χ3n) is 1.81. The van der Waals surface area contributed by atoms with E-state index in [1.807, 2.05) is 0 Å². The van der Waals surface area contributed by atoms with Gasteiger partial charge in [-0.25, -0.2) is 4.39 Å². The summed E-state index contributed by atoms with van der Waals surface area (Å²) in [5.41, 5.74) is -3.76. The minimum atomic E-state index is -4.57. The fourth-order valence-corrected chi connectivity index (χ4v) is 1.90. The molecule has 1 aliphatic rings. The normalized spacial score (nSPS) is 31.2. The Hall–Kier alpha value is 0.670. The monoisotopic (exact) mass is 320 g/mol. The SMILES string of the molecule is FC1(F)C(F)(F)C1(F)C(I)CCl. The summed E-state index contributed by atoms with van der Waals surface area (Å²) < 4.78 is 60.1. The molecule has 0 amide bonds. The Kier molecular flexibility index (Phi) is 2.32. The van der Waals surface area contributed by atoms with Gasteiger partial charge in [-0.05, 0) is 0 Å². The first kappa shape index (κ1) is 10.7. The molecular weight excluding hydrogens is 317 g/mol. The van der Waals surface area contributed by atoms with Crippen LogP contribution in [0.4, 0.5) is 22.0 Å². The van der Waals surface area contributed by atoms with Gasteiger partial charge < -0.3 is 0 Å². The van der Waals surface area contributed by atoms with Crippen molar-refractivity contribution >= 4 is 34.2 Å². The summed E-state index contributed by atoms with van der Waals surface area (Å²) in [5, 5.41) is 0. The second-order valence-corrected chi connectivity index (χ2v) is 4.29. The van der Waals surface area contributed by atoms with Crippen LogP contribution >= 0.6 is 34.2 Å². The molecule has 1 saturated carbocycles. The molecule has 1 atom stereocenters. The number of hydrogen-bond donors (Lipinski definition) is 0. The maximum atomic E-state index is 12.9. The Morgan fingerprint density at radius 3 is 1.50 bits per heavy atom. The van der Waals surface area contributed by atoms with E-state index in [9.17, 15) is 22.0 Å². The Bertz CT molecular complexity index is 192. The lowest BCUT2D eigenvalue weighted by Crippen LogP contribution is -2.28. The minimum absolute atomic E-state index is 0.567. The quantitative estimate of drug-likeness (QED) is 0.417. The molecule has 0 aromatic rings. The van der Waals surface area contributed by atoms with Gasteiger partial charge in [0.1, 0.15) is 0 Å². The van der Waals surface area contributed by atoms with Crippen LogP contribution in [0, 0.1) is 0 Å². The fraction of sp³-hybridized carbons (Fsp3) is 1.00. The molecule has 1 fully saturated rings. The van der Waals surface area contributed by atoms with Gasteiger partial charge in [-0.1, -0.05) is 22.6 Å². The molecule has 1 rings (SSSR count). The van der Waals surface area contributed by atoms with Crippen molar-refractivity contribution < 1.29 is 22.0 Å². The highest BCUT2D eigenvalue weighted by molar-refractivity contribution is 14.1. The van der Waals surface area contributed by atoms with E-state index in [0.29, 0.717) is 0 Å². The summed E-state index contributed by atoms with van der Waals surface area (Å²) in [5.74, 6) is -9.70. The molecule has 0 nitrogen and oxygen atoms in total. The van der Waals surface area contributed by atoms with E-state index in [4.69, 9.17) is 11.6 Å². The Balaban J connectivity index is 2.92. The number of alkyl halides is 7. The lowest BCUT2D eigenvalue weighted by molar-refractivity contribution is -0.0278. The molecule has 0 aliphatic heterocycles. The predicted octanol–water partition coefficient (Wildman–Crippen LogP) is 3.02. The molecule has 0 spiro atoms. The third kappa shape index (κ3) is 0.880. The number of rotatable bonds is 2. The van der Waals surface area contributed by atoms with Gasteiger partial charge in [0.05, 0.1) is 3.92 Å². The van der Waals surface area contributed by atoms with Crippen LogP contribution in [-0.4, -0.2) is 27.3 Å². The second kappa shape index (κ2) is 2.59. The van der Waals surface area contributed by atoms with Gasteiger partial charge in [0.25, 0.3) is 5.67 Å². The van der Waals surface area contributed by atoms with Crippen molar-refractivity contribution in [3.63, 3.8) is 0 Å². The molecule has 0 N–H and O–H groups in total. The van der Waals surface area contributed by atoms with E-state index in [2.05, 4.69) is 0 Å². The molecular formula is C5H3ClF5I. The molecule has 0 radical (unpaired) electrons. The predicted molar refractivity (Wildman–Crippen MR) is 42.3 cm³/mol. The van der Waals surface area contributed by atoms with E-state index in [-0.39, 0.29) is 0 Å². The third-order valence-corrected chi connectivity index (χ3v) is 3.94. The lowest BCUT2D eigenvalue weighted by atomic mass is 10.3. The highest BCUT2D eigenvalue weighted by atomic mass is 127. The van der Waals surface area contributed by atoms with E-state index >= 15 is 0 Å². The summed E-state index contributed by atoms with van der Waals surface area (Å²) in [7, 11) is 0. The van der Waals surface area contributed by atoms with Crippen LogP contribution in [0.5, 0.6) is 0 Å². The average Bonchev–Trinajstić information content (AvgIpc) is 2.28. The Morgan fingerprint density at radius 2 is 1.42 bits per heavy atom. The van der Waals surface area contributed by atoms with Crippen LogP contribution < -0.4 is 0 Å². The highest BCUT2D eigenvalue weighted by Gasteiger charge is 3.00. The van der Waals surface area contributed by atoms with Crippen LogP contribution in [0.2, 0.25) is 0 Å². The second-order valence-electron chi connectivity index (χ2n) is 2.48. The molecule has 0 bridgehead atoms.